The van der Waals surface area contributed by atoms with Crippen LogP contribution in [-0.4, -0.2) is 29.1 Å². The van der Waals surface area contributed by atoms with E-state index in [0.29, 0.717) is 31.8 Å². The number of hydrogen-bond acceptors (Lipinski definition) is 5. The molecule has 0 bridgehead atoms. The molecule has 0 aromatic carbocycles. The average Bonchev–Trinajstić information content (AvgIpc) is 2.76. The van der Waals surface area contributed by atoms with Gasteiger partial charge in [0, 0.05) is 19.4 Å². The van der Waals surface area contributed by atoms with Gasteiger partial charge in [-0.15, -0.1) is 0 Å². The average molecular weight is 238 g/mol. The zero-order valence-electron chi connectivity index (χ0n) is 9.82. The van der Waals surface area contributed by atoms with Gasteiger partial charge in [-0.1, -0.05) is 11.6 Å². The minimum Gasteiger partial charge on any atom is -0.356 e. The molecule has 0 unspecified atom stereocenters. The Bertz CT molecular complexity index is 354. The van der Waals surface area contributed by atoms with Crippen molar-refractivity contribution in [2.45, 2.75) is 32.1 Å². The Morgan fingerprint density at radius 1 is 1.59 bits per heavy atom. The highest BCUT2D eigenvalue weighted by molar-refractivity contribution is 5.76. The van der Waals surface area contributed by atoms with Crippen molar-refractivity contribution in [3.63, 3.8) is 0 Å². The second-order valence-electron chi connectivity index (χ2n) is 4.67. The lowest BCUT2D eigenvalue weighted by atomic mass is 9.66. The van der Waals surface area contributed by atoms with Crippen molar-refractivity contribution in [2.75, 3.05) is 13.1 Å². The first-order chi connectivity index (χ1) is 8.24. The van der Waals surface area contributed by atoms with Gasteiger partial charge in [0.15, 0.2) is 6.33 Å². The number of carbonyl (C=O) groups is 1. The molecule has 6 nitrogen and oxygen atoms in total. The molecule has 17 heavy (non-hydrogen) atoms. The summed E-state index contributed by atoms with van der Waals surface area (Å²) in [4.78, 5) is 15.6. The van der Waals surface area contributed by atoms with Gasteiger partial charge in [-0.25, -0.2) is 0 Å². The Hall–Kier alpha value is -1.43. The molecule has 0 spiro atoms. The van der Waals surface area contributed by atoms with Gasteiger partial charge in [-0.3, -0.25) is 4.79 Å². The molecular formula is C11H18N4O2. The van der Waals surface area contributed by atoms with Crippen molar-refractivity contribution in [1.82, 2.24) is 15.5 Å². The molecule has 1 aliphatic carbocycles. The van der Waals surface area contributed by atoms with Crippen LogP contribution < -0.4 is 11.1 Å². The van der Waals surface area contributed by atoms with Crippen molar-refractivity contribution in [1.29, 1.82) is 0 Å². The molecule has 1 aliphatic rings. The highest BCUT2D eigenvalue weighted by atomic mass is 16.5. The van der Waals surface area contributed by atoms with E-state index in [1.165, 1.54) is 12.7 Å². The van der Waals surface area contributed by atoms with Gasteiger partial charge >= 0.3 is 0 Å². The summed E-state index contributed by atoms with van der Waals surface area (Å²) in [7, 11) is 0. The van der Waals surface area contributed by atoms with Crippen LogP contribution in [0.25, 0.3) is 0 Å². The topological polar surface area (TPSA) is 94.0 Å². The van der Waals surface area contributed by atoms with Gasteiger partial charge in [-0.05, 0) is 24.8 Å². The number of rotatable bonds is 6. The van der Waals surface area contributed by atoms with Crippen molar-refractivity contribution < 1.29 is 9.32 Å². The molecule has 94 valence electrons. The van der Waals surface area contributed by atoms with Crippen molar-refractivity contribution in [3.05, 3.63) is 12.2 Å². The van der Waals surface area contributed by atoms with E-state index in [2.05, 4.69) is 15.5 Å². The van der Waals surface area contributed by atoms with E-state index in [9.17, 15) is 4.79 Å². The minimum atomic E-state index is 0.0641. The van der Waals surface area contributed by atoms with Crippen LogP contribution in [0.2, 0.25) is 0 Å². The third-order valence-electron chi connectivity index (χ3n) is 3.45. The Labute approximate surface area is 99.9 Å². The number of amides is 1. The van der Waals surface area contributed by atoms with Crippen LogP contribution in [-0.2, 0) is 11.2 Å². The number of nitrogens with two attached hydrogens (primary N) is 1. The normalized spacial score (nSPS) is 17.5. The molecule has 0 radical (unpaired) electrons. The third-order valence-corrected chi connectivity index (χ3v) is 3.45. The summed E-state index contributed by atoms with van der Waals surface area (Å²) < 4.78 is 4.84. The zero-order chi connectivity index (χ0) is 12.1. The van der Waals surface area contributed by atoms with Crippen molar-refractivity contribution >= 4 is 5.91 Å². The van der Waals surface area contributed by atoms with Crippen molar-refractivity contribution in [2.24, 2.45) is 11.1 Å². The van der Waals surface area contributed by atoms with E-state index < -0.39 is 0 Å². The molecule has 1 saturated carbocycles. The molecular weight excluding hydrogens is 220 g/mol. The smallest absolute Gasteiger partial charge is 0.228 e. The Morgan fingerprint density at radius 3 is 2.94 bits per heavy atom. The molecule has 6 heteroatoms. The maximum Gasteiger partial charge on any atom is 0.228 e. The largest absolute Gasteiger partial charge is 0.356 e. The molecule has 0 atom stereocenters. The van der Waals surface area contributed by atoms with Gasteiger partial charge in [0.25, 0.3) is 0 Å². The molecule has 1 aromatic heterocycles. The van der Waals surface area contributed by atoms with Gasteiger partial charge in [0.2, 0.25) is 11.8 Å². The second kappa shape index (κ2) is 5.27. The van der Waals surface area contributed by atoms with E-state index in [4.69, 9.17) is 10.3 Å². The van der Waals surface area contributed by atoms with E-state index in [-0.39, 0.29) is 11.3 Å². The quantitative estimate of drug-likeness (QED) is 0.740. The molecule has 0 aliphatic heterocycles. The summed E-state index contributed by atoms with van der Waals surface area (Å²) in [5.74, 6) is 0.608. The van der Waals surface area contributed by atoms with Crippen LogP contribution in [0, 0.1) is 5.41 Å². The van der Waals surface area contributed by atoms with Crippen LogP contribution in [0.15, 0.2) is 10.9 Å². The van der Waals surface area contributed by atoms with Crippen LogP contribution >= 0.6 is 0 Å². The maximum absolute atomic E-state index is 11.7. The molecule has 3 N–H and O–H groups in total. The van der Waals surface area contributed by atoms with Crippen LogP contribution in [0.4, 0.5) is 0 Å². The molecule has 1 amide bonds. The molecule has 1 aromatic rings. The number of nitrogens with one attached hydrogen (secondary N) is 1. The predicted molar refractivity (Wildman–Crippen MR) is 61.0 cm³/mol. The lowest BCUT2D eigenvalue weighted by molar-refractivity contribution is -0.124. The fourth-order valence-electron chi connectivity index (χ4n) is 2.15. The summed E-state index contributed by atoms with van der Waals surface area (Å²) in [5.41, 5.74) is 5.77. The number of nitrogens with zero attached hydrogens (tertiary/aromatic N) is 2. The predicted octanol–water partition coefficient (Wildman–Crippen LogP) is 0.247. The zero-order valence-corrected chi connectivity index (χ0v) is 9.82. The lowest BCUT2D eigenvalue weighted by Crippen LogP contribution is -2.42. The summed E-state index contributed by atoms with van der Waals surface area (Å²) in [6, 6.07) is 0. The number of aromatic nitrogens is 2. The van der Waals surface area contributed by atoms with E-state index >= 15 is 0 Å². The Balaban J connectivity index is 1.67. The summed E-state index contributed by atoms with van der Waals surface area (Å²) in [6.07, 6.45) is 5.79. The fraction of sp³-hybridized carbons (Fsp3) is 0.727. The minimum absolute atomic E-state index is 0.0641. The van der Waals surface area contributed by atoms with E-state index in [1.54, 1.807) is 0 Å². The van der Waals surface area contributed by atoms with Crippen LogP contribution in [0.3, 0.4) is 0 Å². The summed E-state index contributed by atoms with van der Waals surface area (Å²) >= 11 is 0. The number of hydrogen-bond donors (Lipinski definition) is 2. The first-order valence-electron chi connectivity index (χ1n) is 5.96. The monoisotopic (exact) mass is 238 g/mol. The molecule has 1 fully saturated rings. The standard InChI is InChI=1S/C11H18N4O2/c12-7-11(3-1-4-11)6-9(16)13-5-2-10-14-8-15-17-10/h8H,1-7,12H2,(H,13,16). The van der Waals surface area contributed by atoms with E-state index in [0.717, 1.165) is 12.8 Å². The highest BCUT2D eigenvalue weighted by Gasteiger charge is 2.37. The van der Waals surface area contributed by atoms with Gasteiger partial charge < -0.3 is 15.6 Å². The lowest BCUT2D eigenvalue weighted by Gasteiger charge is -2.40. The molecule has 0 saturated heterocycles. The van der Waals surface area contributed by atoms with E-state index in [1.807, 2.05) is 0 Å². The maximum atomic E-state index is 11.7. The van der Waals surface area contributed by atoms with Gasteiger partial charge in [-0.2, -0.15) is 4.98 Å². The SMILES string of the molecule is NCC1(CC(=O)NCCc2ncno2)CCC1. The highest BCUT2D eigenvalue weighted by Crippen LogP contribution is 2.42. The first kappa shape index (κ1) is 12.0. The summed E-state index contributed by atoms with van der Waals surface area (Å²) in [5, 5.41) is 6.36. The van der Waals surface area contributed by atoms with Gasteiger partial charge in [0.1, 0.15) is 0 Å². The van der Waals surface area contributed by atoms with Crippen LogP contribution in [0.1, 0.15) is 31.6 Å². The van der Waals surface area contributed by atoms with Crippen LogP contribution in [0.5, 0.6) is 0 Å². The third kappa shape index (κ3) is 3.03. The molecule has 1 heterocycles. The number of carbonyl (C=O) groups excluding carboxylic acids is 1. The Kier molecular flexibility index (Phi) is 3.73. The second-order valence-corrected chi connectivity index (χ2v) is 4.67. The Morgan fingerprint density at radius 2 is 2.41 bits per heavy atom. The van der Waals surface area contributed by atoms with Crippen molar-refractivity contribution in [3.8, 4) is 0 Å². The first-order valence-corrected chi connectivity index (χ1v) is 5.96. The van der Waals surface area contributed by atoms with Gasteiger partial charge in [0.05, 0.1) is 0 Å². The fourth-order valence-corrected chi connectivity index (χ4v) is 2.15. The molecule has 2 rings (SSSR count). The summed E-state index contributed by atoms with van der Waals surface area (Å²) in [6.45, 7) is 1.13.